The van der Waals surface area contributed by atoms with Crippen molar-refractivity contribution >= 4 is 11.9 Å². The molecule has 0 aliphatic heterocycles. The molecular formula is C62H117NO5. The monoisotopic (exact) mass is 956 g/mol. The molecule has 0 aromatic heterocycles. The summed E-state index contributed by atoms with van der Waals surface area (Å²) in [5, 5.41) is 23.1. The van der Waals surface area contributed by atoms with Crippen LogP contribution in [0.25, 0.3) is 0 Å². The molecule has 400 valence electrons. The average molecular weight is 957 g/mol. The van der Waals surface area contributed by atoms with Crippen LogP contribution in [-0.2, 0) is 14.3 Å². The first-order valence-corrected chi connectivity index (χ1v) is 30.3. The highest BCUT2D eigenvalue weighted by Gasteiger charge is 2.18. The van der Waals surface area contributed by atoms with Crippen molar-refractivity contribution in [1.29, 1.82) is 0 Å². The number of carbonyl (C=O) groups excluding carboxylic acids is 2. The number of unbranched alkanes of at least 4 members (excludes halogenated alkanes) is 41. The highest BCUT2D eigenvalue weighted by atomic mass is 16.5. The fourth-order valence-corrected chi connectivity index (χ4v) is 9.25. The van der Waals surface area contributed by atoms with Crippen LogP contribution in [0.1, 0.15) is 322 Å². The van der Waals surface area contributed by atoms with Gasteiger partial charge >= 0.3 is 5.97 Å². The lowest BCUT2D eigenvalue weighted by Crippen LogP contribution is -2.45. The van der Waals surface area contributed by atoms with Gasteiger partial charge in [-0.25, -0.2) is 0 Å². The third-order valence-corrected chi connectivity index (χ3v) is 13.9. The minimum absolute atomic E-state index is 0.00503. The SMILES string of the molecule is CCCCCC/C=C\C/C=C\CCCCCCCCCC(=O)OCCCCCCCCCCCCCCCCCCC(=O)NC(CO)C(O)/C=C/CCCCCCCCCCCCCCCCC. The summed E-state index contributed by atoms with van der Waals surface area (Å²) in [6, 6.07) is -0.634. The summed E-state index contributed by atoms with van der Waals surface area (Å²) in [5.74, 6) is -0.0785. The molecule has 6 nitrogen and oxygen atoms in total. The largest absolute Gasteiger partial charge is 0.466 e. The van der Waals surface area contributed by atoms with Gasteiger partial charge in [0.1, 0.15) is 0 Å². The summed E-state index contributed by atoms with van der Waals surface area (Å²) in [4.78, 5) is 24.6. The number of carbonyl (C=O) groups is 2. The van der Waals surface area contributed by atoms with Gasteiger partial charge in [-0.3, -0.25) is 9.59 Å². The van der Waals surface area contributed by atoms with Gasteiger partial charge in [0.15, 0.2) is 0 Å². The highest BCUT2D eigenvalue weighted by Crippen LogP contribution is 2.17. The third-order valence-electron chi connectivity index (χ3n) is 13.9. The van der Waals surface area contributed by atoms with Crippen LogP contribution in [0.2, 0.25) is 0 Å². The molecule has 0 fully saturated rings. The number of aliphatic hydroxyl groups excluding tert-OH is 2. The Labute approximate surface area is 424 Å². The molecule has 0 saturated carbocycles. The standard InChI is InChI=1S/C62H117NO5/c1-3-5-7-9-11-13-15-17-19-21-23-28-32-36-40-44-48-52-56-62(67)68-57-53-49-45-41-37-33-29-25-24-27-31-35-39-43-47-51-55-61(66)63-59(58-64)60(65)54-50-46-42-38-34-30-26-22-20-18-16-14-12-10-8-6-4-2/h13,15,19,21,50,54,59-60,64-65H,3-12,14,16-18,20,22-49,51-53,55-58H2,1-2H3,(H,63,66)/b15-13-,21-19-,54-50+. The van der Waals surface area contributed by atoms with Crippen molar-refractivity contribution in [2.75, 3.05) is 13.2 Å². The average Bonchev–Trinajstić information content (AvgIpc) is 3.34. The molecule has 0 aromatic carbocycles. The Hall–Kier alpha value is -1.92. The fraction of sp³-hybridized carbons (Fsp3) is 0.871. The minimum Gasteiger partial charge on any atom is -0.466 e. The molecule has 1 amide bonds. The van der Waals surface area contributed by atoms with Gasteiger partial charge in [0.25, 0.3) is 0 Å². The van der Waals surface area contributed by atoms with Gasteiger partial charge in [0.2, 0.25) is 5.91 Å². The van der Waals surface area contributed by atoms with E-state index in [0.717, 1.165) is 57.8 Å². The number of rotatable bonds is 56. The normalized spacial score (nSPS) is 12.8. The smallest absolute Gasteiger partial charge is 0.305 e. The summed E-state index contributed by atoms with van der Waals surface area (Å²) >= 11 is 0. The lowest BCUT2D eigenvalue weighted by molar-refractivity contribution is -0.143. The first-order chi connectivity index (χ1) is 33.5. The predicted octanol–water partition coefficient (Wildman–Crippen LogP) is 18.8. The van der Waals surface area contributed by atoms with E-state index < -0.39 is 12.1 Å². The Morgan fingerprint density at radius 3 is 1.13 bits per heavy atom. The summed E-state index contributed by atoms with van der Waals surface area (Å²) in [6.07, 6.45) is 71.6. The van der Waals surface area contributed by atoms with Gasteiger partial charge in [0.05, 0.1) is 25.4 Å². The van der Waals surface area contributed by atoms with Crippen LogP contribution < -0.4 is 5.32 Å². The van der Waals surface area contributed by atoms with Crippen molar-refractivity contribution in [3.05, 3.63) is 36.5 Å². The first kappa shape index (κ1) is 66.1. The summed E-state index contributed by atoms with van der Waals surface area (Å²) < 4.78 is 5.48. The van der Waals surface area contributed by atoms with Gasteiger partial charge in [-0.1, -0.05) is 281 Å². The second-order valence-electron chi connectivity index (χ2n) is 20.7. The van der Waals surface area contributed by atoms with Crippen LogP contribution in [0.4, 0.5) is 0 Å². The lowest BCUT2D eigenvalue weighted by atomic mass is 10.0. The van der Waals surface area contributed by atoms with Crippen LogP contribution in [0.3, 0.4) is 0 Å². The molecule has 3 N–H and O–H groups in total. The van der Waals surface area contributed by atoms with E-state index in [-0.39, 0.29) is 18.5 Å². The molecular weight excluding hydrogens is 839 g/mol. The van der Waals surface area contributed by atoms with Gasteiger partial charge in [0, 0.05) is 12.8 Å². The molecule has 68 heavy (non-hydrogen) atoms. The Morgan fingerprint density at radius 1 is 0.412 bits per heavy atom. The van der Waals surface area contributed by atoms with E-state index in [9.17, 15) is 19.8 Å². The second-order valence-corrected chi connectivity index (χ2v) is 20.7. The molecule has 0 aliphatic rings. The van der Waals surface area contributed by atoms with Crippen LogP contribution in [-0.4, -0.2) is 47.4 Å². The maximum atomic E-state index is 12.5. The highest BCUT2D eigenvalue weighted by molar-refractivity contribution is 5.76. The molecule has 0 aromatic rings. The summed E-state index contributed by atoms with van der Waals surface area (Å²) in [6.45, 7) is 4.88. The van der Waals surface area contributed by atoms with Crippen LogP contribution >= 0.6 is 0 Å². The van der Waals surface area contributed by atoms with Gasteiger partial charge in [-0.05, 0) is 64.2 Å². The number of amides is 1. The predicted molar refractivity (Wildman–Crippen MR) is 296 cm³/mol. The van der Waals surface area contributed by atoms with Crippen LogP contribution in [0.5, 0.6) is 0 Å². The summed E-state index contributed by atoms with van der Waals surface area (Å²) in [5.41, 5.74) is 0. The lowest BCUT2D eigenvalue weighted by Gasteiger charge is -2.20. The van der Waals surface area contributed by atoms with E-state index in [1.54, 1.807) is 6.08 Å². The van der Waals surface area contributed by atoms with Crippen molar-refractivity contribution in [1.82, 2.24) is 5.32 Å². The number of esters is 1. The third kappa shape index (κ3) is 53.4. The van der Waals surface area contributed by atoms with Crippen LogP contribution in [0, 0.1) is 0 Å². The second kappa shape index (κ2) is 57.7. The van der Waals surface area contributed by atoms with E-state index in [4.69, 9.17) is 4.74 Å². The topological polar surface area (TPSA) is 95.9 Å². The van der Waals surface area contributed by atoms with E-state index in [1.165, 1.54) is 238 Å². The zero-order valence-corrected chi connectivity index (χ0v) is 45.6. The Kier molecular flexibility index (Phi) is 56.0. The van der Waals surface area contributed by atoms with Gasteiger partial charge < -0.3 is 20.3 Å². The molecule has 6 heteroatoms. The Balaban J connectivity index is 3.45. The van der Waals surface area contributed by atoms with Crippen molar-refractivity contribution in [3.63, 3.8) is 0 Å². The molecule has 0 aliphatic carbocycles. The summed E-state index contributed by atoms with van der Waals surface area (Å²) in [7, 11) is 0. The zero-order valence-electron chi connectivity index (χ0n) is 45.6. The minimum atomic E-state index is -0.850. The van der Waals surface area contributed by atoms with Crippen molar-refractivity contribution in [2.45, 2.75) is 334 Å². The molecule has 0 saturated heterocycles. The zero-order chi connectivity index (χ0) is 49.3. The van der Waals surface area contributed by atoms with Crippen LogP contribution in [0.15, 0.2) is 36.5 Å². The Morgan fingerprint density at radius 2 is 0.735 bits per heavy atom. The molecule has 2 unspecified atom stereocenters. The van der Waals surface area contributed by atoms with Crippen molar-refractivity contribution in [2.24, 2.45) is 0 Å². The van der Waals surface area contributed by atoms with Gasteiger partial charge in [-0.15, -0.1) is 0 Å². The molecule has 0 radical (unpaired) electrons. The van der Waals surface area contributed by atoms with E-state index >= 15 is 0 Å². The Bertz CT molecular complexity index is 1100. The van der Waals surface area contributed by atoms with Crippen molar-refractivity contribution < 1.29 is 24.5 Å². The number of ether oxygens (including phenoxy) is 1. The number of hydrogen-bond donors (Lipinski definition) is 3. The first-order valence-electron chi connectivity index (χ1n) is 30.3. The molecule has 2 atom stereocenters. The van der Waals surface area contributed by atoms with Gasteiger partial charge in [-0.2, -0.15) is 0 Å². The fourth-order valence-electron chi connectivity index (χ4n) is 9.25. The molecule has 0 heterocycles. The molecule has 0 rings (SSSR count). The van der Waals surface area contributed by atoms with Crippen molar-refractivity contribution in [3.8, 4) is 0 Å². The number of allylic oxidation sites excluding steroid dienone is 5. The maximum absolute atomic E-state index is 12.5. The van der Waals surface area contributed by atoms with E-state index in [1.807, 2.05) is 6.08 Å². The maximum Gasteiger partial charge on any atom is 0.305 e. The number of aliphatic hydroxyl groups is 2. The van der Waals surface area contributed by atoms with E-state index in [2.05, 4.69) is 43.5 Å². The quantitative estimate of drug-likeness (QED) is 0.0321. The molecule has 0 spiro atoms. The van der Waals surface area contributed by atoms with E-state index in [0.29, 0.717) is 19.4 Å². The number of nitrogens with one attached hydrogen (secondary N) is 1. The number of hydrogen-bond acceptors (Lipinski definition) is 5. The molecule has 0 bridgehead atoms.